The van der Waals surface area contributed by atoms with Gasteiger partial charge in [-0.05, 0) is 54.8 Å². The van der Waals surface area contributed by atoms with Crippen LogP contribution in [0.25, 0.3) is 10.9 Å². The SMILES string of the molecule is CCOC(=O)c1cc(Nc2ccc(C(C)C)cc2)c2cc(Cl)ccc2n1. The number of nitrogens with one attached hydrogen (secondary N) is 1. The highest BCUT2D eigenvalue weighted by atomic mass is 35.5. The van der Waals surface area contributed by atoms with Crippen LogP contribution in [-0.4, -0.2) is 17.6 Å². The number of aromatic nitrogens is 1. The molecule has 0 unspecified atom stereocenters. The van der Waals surface area contributed by atoms with Gasteiger partial charge in [0, 0.05) is 16.1 Å². The van der Waals surface area contributed by atoms with Crippen molar-refractivity contribution in [3.8, 4) is 0 Å². The second-order valence-corrected chi connectivity index (χ2v) is 6.78. The standard InChI is InChI=1S/C21H21ClN2O2/c1-4-26-21(25)20-12-19(17-11-15(22)7-10-18(17)24-20)23-16-8-5-14(6-9-16)13(2)3/h5-13H,4H2,1-3H3,(H,23,24). The number of pyridine rings is 1. The molecule has 3 rings (SSSR count). The minimum Gasteiger partial charge on any atom is -0.461 e. The molecule has 5 heteroatoms. The lowest BCUT2D eigenvalue weighted by atomic mass is 10.0. The molecule has 134 valence electrons. The lowest BCUT2D eigenvalue weighted by Crippen LogP contribution is -2.08. The zero-order valence-corrected chi connectivity index (χ0v) is 15.8. The number of hydrogen-bond donors (Lipinski definition) is 1. The van der Waals surface area contributed by atoms with Crippen molar-refractivity contribution in [2.45, 2.75) is 26.7 Å². The van der Waals surface area contributed by atoms with Crippen LogP contribution in [0.4, 0.5) is 11.4 Å². The second kappa shape index (κ2) is 7.75. The van der Waals surface area contributed by atoms with E-state index in [2.05, 4.69) is 36.3 Å². The molecule has 0 aliphatic carbocycles. The lowest BCUT2D eigenvalue weighted by molar-refractivity contribution is 0.0520. The topological polar surface area (TPSA) is 51.2 Å². The van der Waals surface area contributed by atoms with E-state index in [4.69, 9.17) is 16.3 Å². The van der Waals surface area contributed by atoms with E-state index in [-0.39, 0.29) is 5.69 Å². The summed E-state index contributed by atoms with van der Waals surface area (Å²) < 4.78 is 5.09. The largest absolute Gasteiger partial charge is 0.461 e. The molecular weight excluding hydrogens is 348 g/mol. The lowest BCUT2D eigenvalue weighted by Gasteiger charge is -2.13. The Balaban J connectivity index is 2.04. The molecule has 0 aliphatic rings. The Kier molecular flexibility index (Phi) is 5.43. The molecule has 0 saturated carbocycles. The molecule has 1 N–H and O–H groups in total. The molecule has 4 nitrogen and oxygen atoms in total. The van der Waals surface area contributed by atoms with E-state index < -0.39 is 5.97 Å². The zero-order valence-electron chi connectivity index (χ0n) is 15.0. The minimum atomic E-state index is -0.442. The Bertz CT molecular complexity index is 937. The third-order valence-corrected chi connectivity index (χ3v) is 4.35. The van der Waals surface area contributed by atoms with Crippen LogP contribution in [0.3, 0.4) is 0 Å². The van der Waals surface area contributed by atoms with Gasteiger partial charge in [0.15, 0.2) is 5.69 Å². The van der Waals surface area contributed by atoms with Gasteiger partial charge in [0.05, 0.1) is 17.8 Å². The summed E-state index contributed by atoms with van der Waals surface area (Å²) in [4.78, 5) is 16.5. The first-order valence-corrected chi connectivity index (χ1v) is 9.00. The number of hydrogen-bond acceptors (Lipinski definition) is 4. The van der Waals surface area contributed by atoms with Crippen LogP contribution in [0.15, 0.2) is 48.5 Å². The molecule has 0 saturated heterocycles. The van der Waals surface area contributed by atoms with Crippen LogP contribution >= 0.6 is 11.6 Å². The molecule has 0 bridgehead atoms. The Labute approximate surface area is 158 Å². The van der Waals surface area contributed by atoms with Crippen LogP contribution in [0.2, 0.25) is 5.02 Å². The maximum Gasteiger partial charge on any atom is 0.357 e. The first-order valence-electron chi connectivity index (χ1n) is 8.62. The first kappa shape index (κ1) is 18.2. The highest BCUT2D eigenvalue weighted by Crippen LogP contribution is 2.29. The van der Waals surface area contributed by atoms with E-state index in [0.717, 1.165) is 16.8 Å². The number of ether oxygens (including phenoxy) is 1. The maximum atomic E-state index is 12.1. The van der Waals surface area contributed by atoms with Crippen molar-refractivity contribution in [2.75, 3.05) is 11.9 Å². The van der Waals surface area contributed by atoms with Crippen LogP contribution in [0.1, 0.15) is 42.7 Å². The average molecular weight is 369 g/mol. The van der Waals surface area contributed by atoms with Crippen LogP contribution in [-0.2, 0) is 4.74 Å². The van der Waals surface area contributed by atoms with Crippen molar-refractivity contribution in [3.63, 3.8) is 0 Å². The minimum absolute atomic E-state index is 0.267. The van der Waals surface area contributed by atoms with E-state index >= 15 is 0 Å². The molecule has 26 heavy (non-hydrogen) atoms. The highest BCUT2D eigenvalue weighted by Gasteiger charge is 2.14. The Morgan fingerprint density at radius 3 is 2.54 bits per heavy atom. The van der Waals surface area contributed by atoms with Gasteiger partial charge in [-0.2, -0.15) is 0 Å². The average Bonchev–Trinajstić information content (AvgIpc) is 2.62. The van der Waals surface area contributed by atoms with E-state index in [1.165, 1.54) is 5.56 Å². The molecule has 1 aromatic heterocycles. The van der Waals surface area contributed by atoms with E-state index in [9.17, 15) is 4.79 Å². The van der Waals surface area contributed by atoms with Gasteiger partial charge in [0.2, 0.25) is 0 Å². The summed E-state index contributed by atoms with van der Waals surface area (Å²) >= 11 is 6.15. The quantitative estimate of drug-likeness (QED) is 0.567. The molecule has 0 radical (unpaired) electrons. The fourth-order valence-corrected chi connectivity index (χ4v) is 2.89. The van der Waals surface area contributed by atoms with Crippen LogP contribution < -0.4 is 5.32 Å². The fraction of sp³-hybridized carbons (Fsp3) is 0.238. The Morgan fingerprint density at radius 1 is 1.15 bits per heavy atom. The van der Waals surface area contributed by atoms with Crippen LogP contribution in [0, 0.1) is 0 Å². The molecular formula is C21H21ClN2O2. The molecule has 1 heterocycles. The number of benzene rings is 2. The number of anilines is 2. The molecule has 0 amide bonds. The summed E-state index contributed by atoms with van der Waals surface area (Å²) in [5, 5.41) is 4.83. The predicted molar refractivity (Wildman–Crippen MR) is 107 cm³/mol. The third-order valence-electron chi connectivity index (χ3n) is 4.11. The number of fused-ring (bicyclic) bond motifs is 1. The molecule has 0 fully saturated rings. The number of halogens is 1. The van der Waals surface area contributed by atoms with Crippen LogP contribution in [0.5, 0.6) is 0 Å². The number of carbonyl (C=O) groups is 1. The zero-order chi connectivity index (χ0) is 18.7. The van der Waals surface area contributed by atoms with Crippen molar-refractivity contribution in [3.05, 3.63) is 64.8 Å². The molecule has 3 aromatic rings. The summed E-state index contributed by atoms with van der Waals surface area (Å²) in [6, 6.07) is 15.3. The van der Waals surface area contributed by atoms with Crippen molar-refractivity contribution >= 4 is 39.8 Å². The summed E-state index contributed by atoms with van der Waals surface area (Å²) in [6.45, 7) is 6.39. The summed E-state index contributed by atoms with van der Waals surface area (Å²) in [5.41, 5.74) is 3.91. The van der Waals surface area contributed by atoms with Gasteiger partial charge >= 0.3 is 5.97 Å². The van der Waals surface area contributed by atoms with E-state index in [1.807, 2.05) is 18.2 Å². The first-order chi connectivity index (χ1) is 12.5. The summed E-state index contributed by atoms with van der Waals surface area (Å²) in [6.07, 6.45) is 0. The summed E-state index contributed by atoms with van der Waals surface area (Å²) in [7, 11) is 0. The second-order valence-electron chi connectivity index (χ2n) is 6.34. The monoisotopic (exact) mass is 368 g/mol. The molecule has 0 spiro atoms. The maximum absolute atomic E-state index is 12.1. The Hall–Kier alpha value is -2.59. The number of nitrogens with zero attached hydrogens (tertiary/aromatic N) is 1. The summed E-state index contributed by atoms with van der Waals surface area (Å²) in [5.74, 6) is 0.0302. The Morgan fingerprint density at radius 2 is 1.88 bits per heavy atom. The van der Waals surface area contributed by atoms with Gasteiger partial charge in [-0.1, -0.05) is 37.6 Å². The smallest absolute Gasteiger partial charge is 0.357 e. The van der Waals surface area contributed by atoms with E-state index in [1.54, 1.807) is 25.1 Å². The van der Waals surface area contributed by atoms with E-state index in [0.29, 0.717) is 23.1 Å². The molecule has 0 aliphatic heterocycles. The van der Waals surface area contributed by atoms with Gasteiger partial charge in [0.25, 0.3) is 0 Å². The number of carbonyl (C=O) groups excluding carboxylic acids is 1. The highest BCUT2D eigenvalue weighted by molar-refractivity contribution is 6.31. The number of esters is 1. The van der Waals surface area contributed by atoms with Crippen molar-refractivity contribution in [1.82, 2.24) is 4.98 Å². The number of rotatable bonds is 5. The molecule has 0 atom stereocenters. The van der Waals surface area contributed by atoms with Gasteiger partial charge in [-0.25, -0.2) is 9.78 Å². The third kappa shape index (κ3) is 3.97. The van der Waals surface area contributed by atoms with Crippen molar-refractivity contribution < 1.29 is 9.53 Å². The van der Waals surface area contributed by atoms with Gasteiger partial charge in [-0.3, -0.25) is 0 Å². The normalized spacial score (nSPS) is 11.0. The van der Waals surface area contributed by atoms with Gasteiger partial charge in [-0.15, -0.1) is 0 Å². The predicted octanol–water partition coefficient (Wildman–Crippen LogP) is 5.93. The fourth-order valence-electron chi connectivity index (χ4n) is 2.72. The van der Waals surface area contributed by atoms with Crippen molar-refractivity contribution in [2.24, 2.45) is 0 Å². The van der Waals surface area contributed by atoms with Gasteiger partial charge in [0.1, 0.15) is 0 Å². The molecule has 2 aromatic carbocycles. The van der Waals surface area contributed by atoms with Crippen molar-refractivity contribution in [1.29, 1.82) is 0 Å². The van der Waals surface area contributed by atoms with Gasteiger partial charge < -0.3 is 10.1 Å².